The smallest absolute Gasteiger partial charge is 0.142 e. The van der Waals surface area contributed by atoms with E-state index in [2.05, 4.69) is 9.97 Å². The Morgan fingerprint density at radius 3 is 2.75 bits per heavy atom. The largest absolute Gasteiger partial charge is 0.399 e. The van der Waals surface area contributed by atoms with Crippen molar-refractivity contribution in [2.75, 3.05) is 11.5 Å². The van der Waals surface area contributed by atoms with Gasteiger partial charge in [-0.2, -0.15) is 0 Å². The molecule has 4 N–H and O–H groups in total. The SMILES string of the molecule is Nc1ccc2ncc(N)nc2c1. The van der Waals surface area contributed by atoms with E-state index < -0.39 is 0 Å². The maximum Gasteiger partial charge on any atom is 0.142 e. The second-order valence-corrected chi connectivity index (χ2v) is 2.54. The first kappa shape index (κ1) is 6.84. The minimum Gasteiger partial charge on any atom is -0.399 e. The van der Waals surface area contributed by atoms with Crippen LogP contribution in [0, 0.1) is 0 Å². The van der Waals surface area contributed by atoms with E-state index in [9.17, 15) is 0 Å². The maximum absolute atomic E-state index is 5.57. The third-order valence-electron chi connectivity index (χ3n) is 1.58. The van der Waals surface area contributed by atoms with Crippen LogP contribution in [0.2, 0.25) is 0 Å². The highest BCUT2D eigenvalue weighted by molar-refractivity contribution is 5.78. The Morgan fingerprint density at radius 2 is 1.92 bits per heavy atom. The fourth-order valence-corrected chi connectivity index (χ4v) is 1.04. The Balaban J connectivity index is 2.80. The molecule has 12 heavy (non-hydrogen) atoms. The van der Waals surface area contributed by atoms with Crippen LogP contribution in [0.5, 0.6) is 0 Å². The van der Waals surface area contributed by atoms with Crippen LogP contribution in [0.4, 0.5) is 11.5 Å². The van der Waals surface area contributed by atoms with Crippen LogP contribution in [0.25, 0.3) is 11.0 Å². The molecule has 0 fully saturated rings. The predicted octanol–water partition coefficient (Wildman–Crippen LogP) is 0.794. The molecule has 60 valence electrons. The maximum atomic E-state index is 5.57. The van der Waals surface area contributed by atoms with Crippen molar-refractivity contribution in [3.05, 3.63) is 24.4 Å². The molecule has 0 aliphatic carbocycles. The van der Waals surface area contributed by atoms with E-state index in [0.29, 0.717) is 11.5 Å². The summed E-state index contributed by atoms with van der Waals surface area (Å²) in [6, 6.07) is 5.35. The van der Waals surface area contributed by atoms with Crippen LogP contribution in [-0.4, -0.2) is 9.97 Å². The van der Waals surface area contributed by atoms with E-state index >= 15 is 0 Å². The quantitative estimate of drug-likeness (QED) is 0.558. The summed E-state index contributed by atoms with van der Waals surface area (Å²) in [4.78, 5) is 8.15. The lowest BCUT2D eigenvalue weighted by atomic mass is 10.3. The summed E-state index contributed by atoms with van der Waals surface area (Å²) in [5, 5.41) is 0. The van der Waals surface area contributed by atoms with Gasteiger partial charge in [-0.1, -0.05) is 0 Å². The first-order valence-electron chi connectivity index (χ1n) is 3.53. The highest BCUT2D eigenvalue weighted by Gasteiger charge is 1.96. The highest BCUT2D eigenvalue weighted by Crippen LogP contribution is 2.13. The number of nitrogens with zero attached hydrogens (tertiary/aromatic N) is 2. The van der Waals surface area contributed by atoms with E-state index in [1.807, 2.05) is 6.07 Å². The fraction of sp³-hybridized carbons (Fsp3) is 0. The van der Waals surface area contributed by atoms with Gasteiger partial charge in [0, 0.05) is 5.69 Å². The molecule has 0 aliphatic heterocycles. The van der Waals surface area contributed by atoms with Gasteiger partial charge in [0.05, 0.1) is 17.2 Å². The molecule has 0 bridgehead atoms. The fourth-order valence-electron chi connectivity index (χ4n) is 1.04. The molecular weight excluding hydrogens is 152 g/mol. The number of benzene rings is 1. The standard InChI is InChI=1S/C8H8N4/c9-5-1-2-6-7(3-5)12-8(10)4-11-6/h1-4H,9H2,(H2,10,12). The van der Waals surface area contributed by atoms with Gasteiger partial charge in [0.15, 0.2) is 0 Å². The first-order chi connectivity index (χ1) is 5.75. The van der Waals surface area contributed by atoms with Gasteiger partial charge >= 0.3 is 0 Å². The van der Waals surface area contributed by atoms with Crippen molar-refractivity contribution in [2.45, 2.75) is 0 Å². The molecule has 0 unspecified atom stereocenters. The van der Waals surface area contributed by atoms with Crippen LogP contribution in [0.1, 0.15) is 0 Å². The molecule has 0 radical (unpaired) electrons. The summed E-state index contributed by atoms with van der Waals surface area (Å²) in [6.07, 6.45) is 1.53. The summed E-state index contributed by atoms with van der Waals surface area (Å²) < 4.78 is 0. The number of aromatic nitrogens is 2. The Labute approximate surface area is 69.2 Å². The zero-order chi connectivity index (χ0) is 8.55. The Hall–Kier alpha value is -1.84. The molecule has 2 aromatic rings. The minimum atomic E-state index is 0.410. The van der Waals surface area contributed by atoms with E-state index in [4.69, 9.17) is 11.5 Å². The molecular formula is C8H8N4. The number of hydrogen-bond acceptors (Lipinski definition) is 4. The van der Waals surface area contributed by atoms with E-state index in [-0.39, 0.29) is 0 Å². The summed E-state index contributed by atoms with van der Waals surface area (Å²) in [7, 11) is 0. The first-order valence-corrected chi connectivity index (χ1v) is 3.53. The zero-order valence-electron chi connectivity index (χ0n) is 6.36. The van der Waals surface area contributed by atoms with Gasteiger partial charge in [-0.3, -0.25) is 4.98 Å². The minimum absolute atomic E-state index is 0.410. The number of rotatable bonds is 0. The Kier molecular flexibility index (Phi) is 1.33. The average Bonchev–Trinajstić information content (AvgIpc) is 2.03. The molecule has 0 aliphatic rings. The van der Waals surface area contributed by atoms with Crippen LogP contribution >= 0.6 is 0 Å². The van der Waals surface area contributed by atoms with Gasteiger partial charge in [-0.15, -0.1) is 0 Å². The summed E-state index contributed by atoms with van der Waals surface area (Å²) in [5.74, 6) is 0.410. The van der Waals surface area contributed by atoms with Crippen molar-refractivity contribution in [1.29, 1.82) is 0 Å². The number of fused-ring (bicyclic) bond motifs is 1. The van der Waals surface area contributed by atoms with Gasteiger partial charge in [-0.25, -0.2) is 4.98 Å². The molecule has 1 aromatic carbocycles. The molecule has 2 rings (SSSR count). The molecule has 0 saturated carbocycles. The third kappa shape index (κ3) is 1.03. The Morgan fingerprint density at radius 1 is 1.08 bits per heavy atom. The summed E-state index contributed by atoms with van der Waals surface area (Å²) in [6.45, 7) is 0. The molecule has 4 nitrogen and oxygen atoms in total. The van der Waals surface area contributed by atoms with Crippen LogP contribution in [-0.2, 0) is 0 Å². The molecule has 0 atom stereocenters. The van der Waals surface area contributed by atoms with E-state index in [0.717, 1.165) is 11.0 Å². The molecule has 1 aromatic heterocycles. The van der Waals surface area contributed by atoms with Crippen molar-refractivity contribution in [2.24, 2.45) is 0 Å². The van der Waals surface area contributed by atoms with Crippen molar-refractivity contribution in [3.8, 4) is 0 Å². The van der Waals surface area contributed by atoms with Gasteiger partial charge in [0.1, 0.15) is 5.82 Å². The van der Waals surface area contributed by atoms with Crippen molar-refractivity contribution in [1.82, 2.24) is 9.97 Å². The van der Waals surface area contributed by atoms with E-state index in [1.165, 1.54) is 6.20 Å². The monoisotopic (exact) mass is 160 g/mol. The van der Waals surface area contributed by atoms with Crippen molar-refractivity contribution >= 4 is 22.5 Å². The van der Waals surface area contributed by atoms with Gasteiger partial charge in [-0.05, 0) is 18.2 Å². The molecule has 0 spiro atoms. The van der Waals surface area contributed by atoms with Crippen LogP contribution in [0.3, 0.4) is 0 Å². The van der Waals surface area contributed by atoms with E-state index in [1.54, 1.807) is 12.1 Å². The van der Waals surface area contributed by atoms with Gasteiger partial charge < -0.3 is 11.5 Å². The molecule has 0 amide bonds. The van der Waals surface area contributed by atoms with Gasteiger partial charge in [0.25, 0.3) is 0 Å². The number of nitrogens with two attached hydrogens (primary N) is 2. The highest BCUT2D eigenvalue weighted by atomic mass is 14.9. The summed E-state index contributed by atoms with van der Waals surface area (Å²) >= 11 is 0. The topological polar surface area (TPSA) is 77.8 Å². The predicted molar refractivity (Wildman–Crippen MR) is 48.4 cm³/mol. The lowest BCUT2D eigenvalue weighted by Gasteiger charge is -1.98. The second kappa shape index (κ2) is 2.34. The third-order valence-corrected chi connectivity index (χ3v) is 1.58. The van der Waals surface area contributed by atoms with Crippen molar-refractivity contribution < 1.29 is 0 Å². The van der Waals surface area contributed by atoms with Crippen molar-refractivity contribution in [3.63, 3.8) is 0 Å². The number of anilines is 2. The van der Waals surface area contributed by atoms with Crippen LogP contribution < -0.4 is 11.5 Å². The normalized spacial score (nSPS) is 10.3. The summed E-state index contributed by atoms with van der Waals surface area (Å²) in [5.41, 5.74) is 13.2. The number of nitrogen functional groups attached to an aromatic ring is 2. The molecule has 0 saturated heterocycles. The van der Waals surface area contributed by atoms with Gasteiger partial charge in [0.2, 0.25) is 0 Å². The molecule has 1 heterocycles. The zero-order valence-corrected chi connectivity index (χ0v) is 6.36. The Bertz CT molecular complexity index is 388. The second-order valence-electron chi connectivity index (χ2n) is 2.54. The lowest BCUT2D eigenvalue weighted by Crippen LogP contribution is -1.93. The van der Waals surface area contributed by atoms with Crippen LogP contribution in [0.15, 0.2) is 24.4 Å². The lowest BCUT2D eigenvalue weighted by molar-refractivity contribution is 1.30. The number of hydrogen-bond donors (Lipinski definition) is 2. The average molecular weight is 160 g/mol. The molecule has 4 heteroatoms.